The third-order valence-corrected chi connectivity index (χ3v) is 3.22. The summed E-state index contributed by atoms with van der Waals surface area (Å²) in [6, 6.07) is 10.1. The molecule has 1 aromatic carbocycles. The molecule has 0 amide bonds. The molecule has 3 heterocycles. The van der Waals surface area contributed by atoms with E-state index >= 15 is 0 Å². The Labute approximate surface area is 103 Å². The standard InChI is InChI=1S/C14H10N4/c1-2-9(11-8-17-18-13(11)3-1)14-10-4-6-15-12(10)5-7-16-14/h1-8,15H,(H,17,18). The van der Waals surface area contributed by atoms with Crippen LogP contribution in [0.4, 0.5) is 0 Å². The van der Waals surface area contributed by atoms with Gasteiger partial charge in [-0.1, -0.05) is 12.1 Å². The molecule has 86 valence electrons. The van der Waals surface area contributed by atoms with Crippen LogP contribution >= 0.6 is 0 Å². The van der Waals surface area contributed by atoms with Gasteiger partial charge in [-0.2, -0.15) is 5.10 Å². The number of nitrogens with zero attached hydrogens (tertiary/aromatic N) is 2. The lowest BCUT2D eigenvalue weighted by Gasteiger charge is -2.03. The molecule has 2 N–H and O–H groups in total. The van der Waals surface area contributed by atoms with E-state index < -0.39 is 0 Å². The van der Waals surface area contributed by atoms with Crippen LogP contribution in [0.2, 0.25) is 0 Å². The first kappa shape index (κ1) is 9.41. The van der Waals surface area contributed by atoms with E-state index in [1.807, 2.05) is 36.8 Å². The molecule has 0 aliphatic heterocycles. The first-order valence-electron chi connectivity index (χ1n) is 5.78. The minimum atomic E-state index is 0.987. The van der Waals surface area contributed by atoms with Crippen LogP contribution in [-0.4, -0.2) is 20.2 Å². The molecule has 4 nitrogen and oxygen atoms in total. The molecular weight excluding hydrogens is 224 g/mol. The van der Waals surface area contributed by atoms with Crippen LogP contribution in [0.25, 0.3) is 33.1 Å². The lowest BCUT2D eigenvalue weighted by molar-refractivity contribution is 1.12. The average molecular weight is 234 g/mol. The van der Waals surface area contributed by atoms with Crippen molar-refractivity contribution in [3.8, 4) is 11.3 Å². The number of aromatic amines is 2. The molecule has 0 atom stereocenters. The molecule has 0 radical (unpaired) electrons. The summed E-state index contributed by atoms with van der Waals surface area (Å²) in [5.41, 5.74) is 4.22. The predicted molar refractivity (Wildman–Crippen MR) is 71.2 cm³/mol. The number of benzene rings is 1. The second-order valence-corrected chi connectivity index (χ2v) is 4.24. The van der Waals surface area contributed by atoms with Crippen molar-refractivity contribution in [2.24, 2.45) is 0 Å². The van der Waals surface area contributed by atoms with Crippen molar-refractivity contribution in [2.75, 3.05) is 0 Å². The molecule has 0 saturated heterocycles. The second kappa shape index (κ2) is 3.43. The van der Waals surface area contributed by atoms with Crippen LogP contribution in [0.5, 0.6) is 0 Å². The molecular formula is C14H10N4. The topological polar surface area (TPSA) is 57.4 Å². The van der Waals surface area contributed by atoms with E-state index in [1.165, 1.54) is 0 Å². The summed E-state index contributed by atoms with van der Waals surface area (Å²) >= 11 is 0. The fraction of sp³-hybridized carbons (Fsp3) is 0. The summed E-state index contributed by atoms with van der Waals surface area (Å²) in [7, 11) is 0. The smallest absolute Gasteiger partial charge is 0.0803 e. The van der Waals surface area contributed by atoms with Crippen molar-refractivity contribution >= 4 is 21.8 Å². The third kappa shape index (κ3) is 1.20. The zero-order valence-electron chi connectivity index (χ0n) is 9.51. The quantitative estimate of drug-likeness (QED) is 0.531. The number of rotatable bonds is 1. The van der Waals surface area contributed by atoms with E-state index in [1.54, 1.807) is 0 Å². The van der Waals surface area contributed by atoms with Gasteiger partial charge in [0.05, 0.1) is 17.4 Å². The summed E-state index contributed by atoms with van der Waals surface area (Å²) in [5, 5.41) is 9.31. The first-order valence-corrected chi connectivity index (χ1v) is 5.78. The molecule has 0 aliphatic carbocycles. The van der Waals surface area contributed by atoms with Crippen LogP contribution in [-0.2, 0) is 0 Å². The Morgan fingerprint density at radius 3 is 2.94 bits per heavy atom. The number of hydrogen-bond donors (Lipinski definition) is 2. The van der Waals surface area contributed by atoms with Gasteiger partial charge in [-0.3, -0.25) is 10.1 Å². The normalized spacial score (nSPS) is 11.3. The molecule has 4 heteroatoms. The SMILES string of the molecule is c1cc(-c2nccc3[nH]ccc23)c2cn[nH]c2c1. The molecule has 18 heavy (non-hydrogen) atoms. The average Bonchev–Trinajstić information content (AvgIpc) is 3.06. The monoisotopic (exact) mass is 234 g/mol. The highest BCUT2D eigenvalue weighted by Gasteiger charge is 2.10. The molecule has 3 aromatic heterocycles. The van der Waals surface area contributed by atoms with Gasteiger partial charge in [-0.05, 0) is 18.2 Å². The minimum Gasteiger partial charge on any atom is -0.361 e. The van der Waals surface area contributed by atoms with Gasteiger partial charge in [-0.25, -0.2) is 0 Å². The highest BCUT2D eigenvalue weighted by Crippen LogP contribution is 2.30. The predicted octanol–water partition coefficient (Wildman–Crippen LogP) is 3.11. The van der Waals surface area contributed by atoms with Crippen molar-refractivity contribution in [3.63, 3.8) is 0 Å². The highest BCUT2D eigenvalue weighted by molar-refractivity contribution is 6.01. The van der Waals surface area contributed by atoms with Crippen molar-refractivity contribution in [2.45, 2.75) is 0 Å². The van der Waals surface area contributed by atoms with Gasteiger partial charge in [0.2, 0.25) is 0 Å². The molecule has 0 unspecified atom stereocenters. The molecule has 0 fully saturated rings. The van der Waals surface area contributed by atoms with Crippen LogP contribution in [0.15, 0.2) is 48.9 Å². The van der Waals surface area contributed by atoms with Gasteiger partial charge in [0.25, 0.3) is 0 Å². The van der Waals surface area contributed by atoms with Crippen molar-refractivity contribution in [3.05, 3.63) is 48.9 Å². The summed E-state index contributed by atoms with van der Waals surface area (Å²) in [6.07, 6.45) is 5.61. The zero-order chi connectivity index (χ0) is 11.9. The second-order valence-electron chi connectivity index (χ2n) is 4.24. The molecule has 0 bridgehead atoms. The maximum Gasteiger partial charge on any atom is 0.0803 e. The Morgan fingerprint density at radius 1 is 0.944 bits per heavy atom. The van der Waals surface area contributed by atoms with Crippen LogP contribution in [0.3, 0.4) is 0 Å². The number of pyridine rings is 1. The first-order chi connectivity index (χ1) is 8.93. The van der Waals surface area contributed by atoms with E-state index in [9.17, 15) is 0 Å². The number of hydrogen-bond acceptors (Lipinski definition) is 2. The Balaban J connectivity index is 2.13. The van der Waals surface area contributed by atoms with Gasteiger partial charge in [0.1, 0.15) is 0 Å². The minimum absolute atomic E-state index is 0.987. The van der Waals surface area contributed by atoms with Crippen LogP contribution < -0.4 is 0 Å². The van der Waals surface area contributed by atoms with Crippen molar-refractivity contribution in [1.82, 2.24) is 20.2 Å². The van der Waals surface area contributed by atoms with Crippen molar-refractivity contribution in [1.29, 1.82) is 0 Å². The van der Waals surface area contributed by atoms with Gasteiger partial charge >= 0.3 is 0 Å². The summed E-state index contributed by atoms with van der Waals surface area (Å²) in [6.45, 7) is 0. The van der Waals surface area contributed by atoms with Gasteiger partial charge < -0.3 is 4.98 Å². The van der Waals surface area contributed by atoms with E-state index in [2.05, 4.69) is 32.3 Å². The van der Waals surface area contributed by atoms with Crippen molar-refractivity contribution < 1.29 is 0 Å². The Morgan fingerprint density at radius 2 is 1.94 bits per heavy atom. The lowest BCUT2D eigenvalue weighted by atomic mass is 10.0. The van der Waals surface area contributed by atoms with E-state index in [0.717, 1.165) is 33.1 Å². The summed E-state index contributed by atoms with van der Waals surface area (Å²) in [4.78, 5) is 7.73. The van der Waals surface area contributed by atoms with Crippen LogP contribution in [0.1, 0.15) is 0 Å². The zero-order valence-corrected chi connectivity index (χ0v) is 9.51. The third-order valence-electron chi connectivity index (χ3n) is 3.22. The fourth-order valence-corrected chi connectivity index (χ4v) is 2.37. The largest absolute Gasteiger partial charge is 0.361 e. The van der Waals surface area contributed by atoms with E-state index in [-0.39, 0.29) is 0 Å². The van der Waals surface area contributed by atoms with Crippen LogP contribution in [0, 0.1) is 0 Å². The summed E-state index contributed by atoms with van der Waals surface area (Å²) in [5.74, 6) is 0. The number of nitrogens with one attached hydrogen (secondary N) is 2. The molecule has 4 rings (SSSR count). The highest BCUT2D eigenvalue weighted by atomic mass is 15.1. The Kier molecular flexibility index (Phi) is 1.80. The molecule has 0 spiro atoms. The Bertz CT molecular complexity index is 769. The van der Waals surface area contributed by atoms with E-state index in [4.69, 9.17) is 0 Å². The number of H-pyrrole nitrogens is 2. The summed E-state index contributed by atoms with van der Waals surface area (Å²) < 4.78 is 0. The van der Waals surface area contributed by atoms with Gasteiger partial charge in [0.15, 0.2) is 0 Å². The molecule has 4 aromatic rings. The van der Waals surface area contributed by atoms with Gasteiger partial charge in [-0.15, -0.1) is 0 Å². The fourth-order valence-electron chi connectivity index (χ4n) is 2.37. The lowest BCUT2D eigenvalue weighted by Crippen LogP contribution is -1.85. The molecule has 0 saturated carbocycles. The Hall–Kier alpha value is -2.62. The maximum absolute atomic E-state index is 4.52. The number of aromatic nitrogens is 4. The molecule has 0 aliphatic rings. The van der Waals surface area contributed by atoms with E-state index in [0.29, 0.717) is 0 Å². The van der Waals surface area contributed by atoms with Gasteiger partial charge in [0, 0.05) is 34.2 Å². The number of fused-ring (bicyclic) bond motifs is 2. The maximum atomic E-state index is 4.52.